The largest absolute Gasteiger partial charge is 0.494 e. The fourth-order valence-corrected chi connectivity index (χ4v) is 3.18. The molecule has 0 aliphatic rings. The molecule has 5 heteroatoms. The predicted molar refractivity (Wildman–Crippen MR) is 117 cm³/mol. The molecule has 0 spiro atoms. The van der Waals surface area contributed by atoms with Crippen LogP contribution in [0.25, 0.3) is 0 Å². The molecule has 162 valence electrons. The lowest BCUT2D eigenvalue weighted by Crippen LogP contribution is -2.28. The van der Waals surface area contributed by atoms with E-state index in [4.69, 9.17) is 9.47 Å². The number of halogens is 3. The minimum absolute atomic E-state index is 0.0974. The summed E-state index contributed by atoms with van der Waals surface area (Å²) in [4.78, 5) is 0. The van der Waals surface area contributed by atoms with Crippen LogP contribution in [0.4, 0.5) is 13.2 Å². The smallest absolute Gasteiger partial charge is 0.251 e. The Labute approximate surface area is 180 Å². The van der Waals surface area contributed by atoms with E-state index in [1.54, 1.807) is 66.7 Å². The number of alkyl halides is 2. The molecule has 3 aromatic carbocycles. The molecule has 3 rings (SSSR count). The van der Waals surface area contributed by atoms with Crippen molar-refractivity contribution >= 4 is 0 Å². The molecular weight excluding hydrogens is 401 g/mol. The van der Waals surface area contributed by atoms with Crippen LogP contribution in [0.3, 0.4) is 0 Å². The molecule has 0 fully saturated rings. The SMILES string of the molecule is CCOc1ccc(C(C)(/C=C/Cc2ccc(F)c(Oc3ccccc3)c2)C(F)F)cc1. The summed E-state index contributed by atoms with van der Waals surface area (Å²) in [5, 5.41) is 0. The molecule has 1 unspecified atom stereocenters. The number of benzene rings is 3. The molecule has 0 N–H and O–H groups in total. The molecule has 0 aliphatic heterocycles. The first-order valence-electron chi connectivity index (χ1n) is 10.1. The number of ether oxygens (including phenoxy) is 2. The predicted octanol–water partition coefficient (Wildman–Crippen LogP) is 7.34. The van der Waals surface area contributed by atoms with Crippen molar-refractivity contribution in [3.05, 3.63) is 102 Å². The van der Waals surface area contributed by atoms with E-state index >= 15 is 0 Å². The highest BCUT2D eigenvalue weighted by Gasteiger charge is 2.34. The lowest BCUT2D eigenvalue weighted by Gasteiger charge is -2.26. The minimum Gasteiger partial charge on any atom is -0.494 e. The van der Waals surface area contributed by atoms with E-state index in [0.717, 1.165) is 5.56 Å². The van der Waals surface area contributed by atoms with Crippen molar-refractivity contribution in [2.24, 2.45) is 0 Å². The molecule has 0 aromatic heterocycles. The molecule has 0 amide bonds. The summed E-state index contributed by atoms with van der Waals surface area (Å²) >= 11 is 0. The highest BCUT2D eigenvalue weighted by atomic mass is 19.3. The molecule has 0 saturated carbocycles. The topological polar surface area (TPSA) is 18.5 Å². The maximum atomic E-state index is 14.1. The van der Waals surface area contributed by atoms with Crippen LogP contribution in [0, 0.1) is 5.82 Å². The normalized spacial score (nSPS) is 13.4. The highest BCUT2D eigenvalue weighted by molar-refractivity contribution is 5.38. The van der Waals surface area contributed by atoms with E-state index in [1.807, 2.05) is 13.0 Å². The van der Waals surface area contributed by atoms with Gasteiger partial charge in [-0.25, -0.2) is 13.2 Å². The van der Waals surface area contributed by atoms with Gasteiger partial charge in [-0.1, -0.05) is 48.6 Å². The van der Waals surface area contributed by atoms with Crippen molar-refractivity contribution in [1.82, 2.24) is 0 Å². The summed E-state index contributed by atoms with van der Waals surface area (Å²) in [7, 11) is 0. The molecule has 0 bridgehead atoms. The third-order valence-corrected chi connectivity index (χ3v) is 5.02. The van der Waals surface area contributed by atoms with Crippen LogP contribution in [-0.4, -0.2) is 13.0 Å². The summed E-state index contributed by atoms with van der Waals surface area (Å²) in [5.41, 5.74) is -0.199. The van der Waals surface area contributed by atoms with Crippen LogP contribution in [0.1, 0.15) is 25.0 Å². The first-order chi connectivity index (χ1) is 14.9. The Morgan fingerprint density at radius 2 is 1.65 bits per heavy atom. The third-order valence-electron chi connectivity index (χ3n) is 5.02. The van der Waals surface area contributed by atoms with Gasteiger partial charge in [-0.15, -0.1) is 0 Å². The zero-order valence-corrected chi connectivity index (χ0v) is 17.5. The molecular formula is C26H25F3O2. The van der Waals surface area contributed by atoms with Gasteiger partial charge in [0, 0.05) is 0 Å². The molecule has 1 atom stereocenters. The van der Waals surface area contributed by atoms with Crippen molar-refractivity contribution in [1.29, 1.82) is 0 Å². The van der Waals surface area contributed by atoms with Gasteiger partial charge in [-0.05, 0) is 67.8 Å². The van der Waals surface area contributed by atoms with E-state index in [0.29, 0.717) is 30.1 Å². The molecule has 0 heterocycles. The zero-order valence-electron chi connectivity index (χ0n) is 17.5. The number of hydrogen-bond acceptors (Lipinski definition) is 2. The Morgan fingerprint density at radius 3 is 2.29 bits per heavy atom. The fourth-order valence-electron chi connectivity index (χ4n) is 3.18. The van der Waals surface area contributed by atoms with Crippen molar-refractivity contribution in [2.45, 2.75) is 32.1 Å². The zero-order chi connectivity index (χ0) is 22.3. The molecule has 2 nitrogen and oxygen atoms in total. The summed E-state index contributed by atoms with van der Waals surface area (Å²) in [6.07, 6.45) is 0.966. The molecule has 0 aliphatic carbocycles. The van der Waals surface area contributed by atoms with Crippen molar-refractivity contribution < 1.29 is 22.6 Å². The monoisotopic (exact) mass is 426 g/mol. The Kier molecular flexibility index (Phi) is 7.40. The van der Waals surface area contributed by atoms with E-state index in [2.05, 4.69) is 0 Å². The van der Waals surface area contributed by atoms with E-state index in [-0.39, 0.29) is 5.75 Å². The Balaban J connectivity index is 1.76. The Bertz CT molecular complexity index is 1000. The average Bonchev–Trinajstić information content (AvgIpc) is 2.77. The summed E-state index contributed by atoms with van der Waals surface area (Å²) < 4.78 is 53.0. The van der Waals surface area contributed by atoms with Gasteiger partial charge in [-0.2, -0.15) is 0 Å². The van der Waals surface area contributed by atoms with Gasteiger partial charge in [0.25, 0.3) is 6.43 Å². The van der Waals surface area contributed by atoms with Gasteiger partial charge in [-0.3, -0.25) is 0 Å². The summed E-state index contributed by atoms with van der Waals surface area (Å²) in [6.45, 7) is 3.88. The lowest BCUT2D eigenvalue weighted by molar-refractivity contribution is 0.0845. The summed E-state index contributed by atoms with van der Waals surface area (Å²) in [5.74, 6) is 0.780. The molecule has 3 aromatic rings. The number of para-hydroxylation sites is 1. The average molecular weight is 426 g/mol. The lowest BCUT2D eigenvalue weighted by atomic mass is 9.82. The summed E-state index contributed by atoms with van der Waals surface area (Å²) in [6, 6.07) is 20.1. The van der Waals surface area contributed by atoms with Gasteiger partial charge in [0.1, 0.15) is 11.5 Å². The van der Waals surface area contributed by atoms with Gasteiger partial charge in [0.15, 0.2) is 11.6 Å². The molecule has 0 saturated heterocycles. The first kappa shape index (κ1) is 22.5. The van der Waals surface area contributed by atoms with Crippen LogP contribution in [0.5, 0.6) is 17.2 Å². The number of allylic oxidation sites excluding steroid dienone is 2. The Hall–Kier alpha value is -3.21. The van der Waals surface area contributed by atoms with Gasteiger partial charge in [0.2, 0.25) is 0 Å². The number of hydrogen-bond donors (Lipinski definition) is 0. The van der Waals surface area contributed by atoms with Crippen LogP contribution in [-0.2, 0) is 11.8 Å². The van der Waals surface area contributed by atoms with Gasteiger partial charge < -0.3 is 9.47 Å². The second-order valence-electron chi connectivity index (χ2n) is 7.33. The fraction of sp³-hybridized carbons (Fsp3) is 0.231. The van der Waals surface area contributed by atoms with Crippen molar-refractivity contribution in [3.63, 3.8) is 0 Å². The van der Waals surface area contributed by atoms with Gasteiger partial charge in [0.05, 0.1) is 12.0 Å². The van der Waals surface area contributed by atoms with E-state index < -0.39 is 17.7 Å². The van der Waals surface area contributed by atoms with E-state index in [1.165, 1.54) is 19.1 Å². The second kappa shape index (κ2) is 10.2. The maximum absolute atomic E-state index is 14.1. The van der Waals surface area contributed by atoms with Crippen molar-refractivity contribution in [3.8, 4) is 17.2 Å². The first-order valence-corrected chi connectivity index (χ1v) is 10.1. The molecule has 31 heavy (non-hydrogen) atoms. The quantitative estimate of drug-likeness (QED) is 0.333. The van der Waals surface area contributed by atoms with Gasteiger partial charge >= 0.3 is 0 Å². The van der Waals surface area contributed by atoms with Crippen LogP contribution >= 0.6 is 0 Å². The second-order valence-corrected chi connectivity index (χ2v) is 7.33. The standard InChI is InChI=1S/C26H25F3O2/c1-3-30-21-14-12-20(13-15-21)26(2,25(28)29)17-7-8-19-11-16-23(27)24(18-19)31-22-9-5-4-6-10-22/h4-7,9-18,25H,3,8H2,1-2H3/b17-7+. The Morgan fingerprint density at radius 1 is 0.935 bits per heavy atom. The van der Waals surface area contributed by atoms with Crippen LogP contribution in [0.15, 0.2) is 84.9 Å². The maximum Gasteiger partial charge on any atom is 0.251 e. The van der Waals surface area contributed by atoms with Crippen LogP contribution < -0.4 is 9.47 Å². The molecule has 0 radical (unpaired) electrons. The van der Waals surface area contributed by atoms with Crippen LogP contribution in [0.2, 0.25) is 0 Å². The third kappa shape index (κ3) is 5.69. The highest BCUT2D eigenvalue weighted by Crippen LogP contribution is 2.34. The number of rotatable bonds is 9. The van der Waals surface area contributed by atoms with E-state index in [9.17, 15) is 13.2 Å². The minimum atomic E-state index is -2.59. The van der Waals surface area contributed by atoms with Crippen molar-refractivity contribution in [2.75, 3.05) is 6.61 Å².